The van der Waals surface area contributed by atoms with Crippen LogP contribution in [0, 0.1) is 0 Å². The lowest BCUT2D eigenvalue weighted by Gasteiger charge is -2.21. The lowest BCUT2D eigenvalue weighted by Crippen LogP contribution is -2.40. The summed E-state index contributed by atoms with van der Waals surface area (Å²) in [6, 6.07) is 14.9. The number of carbonyl (C=O) groups is 2. The Bertz CT molecular complexity index is 790. The van der Waals surface area contributed by atoms with Crippen molar-refractivity contribution in [1.29, 1.82) is 0 Å². The molecule has 0 fully saturated rings. The molecule has 0 bridgehead atoms. The first-order chi connectivity index (χ1) is 11.3. The number of benzene rings is 2. The van der Waals surface area contributed by atoms with Crippen molar-refractivity contribution in [2.45, 2.75) is 32.7 Å². The number of nitrogens with one attached hydrogen (secondary N) is 1. The van der Waals surface area contributed by atoms with Crippen molar-refractivity contribution in [3.05, 3.63) is 65.2 Å². The molecule has 24 heavy (non-hydrogen) atoms. The van der Waals surface area contributed by atoms with Crippen LogP contribution in [-0.2, 0) is 6.42 Å². The predicted molar refractivity (Wildman–Crippen MR) is 95.5 cm³/mol. The molecule has 3 rings (SSSR count). The molecule has 0 atom stereocenters. The standard InChI is InChI=1S/C20H22N2O2/c1-20(2,3)21-18(23)15-8-6-9-16(13-15)19(24)22-12-11-14-7-4-5-10-17(14)22/h4-10,13H,11-12H2,1-3H3,(H,21,23). The number of hydrogen-bond acceptors (Lipinski definition) is 2. The zero-order chi connectivity index (χ0) is 17.3. The predicted octanol–water partition coefficient (Wildman–Crippen LogP) is 3.42. The molecule has 4 nitrogen and oxygen atoms in total. The highest BCUT2D eigenvalue weighted by Gasteiger charge is 2.25. The smallest absolute Gasteiger partial charge is 0.258 e. The van der Waals surface area contributed by atoms with Crippen molar-refractivity contribution in [3.63, 3.8) is 0 Å². The summed E-state index contributed by atoms with van der Waals surface area (Å²) in [5.74, 6) is -0.232. The Labute approximate surface area is 142 Å². The van der Waals surface area contributed by atoms with Crippen LogP contribution in [0.5, 0.6) is 0 Å². The van der Waals surface area contributed by atoms with Crippen molar-refractivity contribution in [2.24, 2.45) is 0 Å². The molecule has 0 saturated heterocycles. The monoisotopic (exact) mass is 322 g/mol. The highest BCUT2D eigenvalue weighted by molar-refractivity contribution is 6.08. The lowest BCUT2D eigenvalue weighted by molar-refractivity contribution is 0.0919. The molecule has 0 aromatic heterocycles. The molecule has 1 N–H and O–H groups in total. The summed E-state index contributed by atoms with van der Waals surface area (Å²) in [6.07, 6.45) is 0.867. The Kier molecular flexibility index (Phi) is 4.14. The summed E-state index contributed by atoms with van der Waals surface area (Å²) < 4.78 is 0. The fourth-order valence-corrected chi connectivity index (χ4v) is 2.91. The highest BCUT2D eigenvalue weighted by Crippen LogP contribution is 2.28. The Morgan fingerprint density at radius 1 is 1.00 bits per heavy atom. The molecule has 1 heterocycles. The van der Waals surface area contributed by atoms with E-state index in [4.69, 9.17) is 0 Å². The van der Waals surface area contributed by atoms with Gasteiger partial charge >= 0.3 is 0 Å². The number of hydrogen-bond donors (Lipinski definition) is 1. The van der Waals surface area contributed by atoms with E-state index in [9.17, 15) is 9.59 Å². The highest BCUT2D eigenvalue weighted by atomic mass is 16.2. The van der Waals surface area contributed by atoms with Crippen molar-refractivity contribution < 1.29 is 9.59 Å². The van der Waals surface area contributed by atoms with Crippen LogP contribution in [0.2, 0.25) is 0 Å². The van der Waals surface area contributed by atoms with Crippen LogP contribution >= 0.6 is 0 Å². The minimum atomic E-state index is -0.314. The van der Waals surface area contributed by atoms with E-state index in [2.05, 4.69) is 11.4 Å². The first kappa shape index (κ1) is 16.2. The largest absolute Gasteiger partial charge is 0.347 e. The summed E-state index contributed by atoms with van der Waals surface area (Å²) in [6.45, 7) is 6.47. The molecule has 2 aromatic rings. The Morgan fingerprint density at radius 2 is 1.71 bits per heavy atom. The average Bonchev–Trinajstić information content (AvgIpc) is 2.97. The van der Waals surface area contributed by atoms with E-state index >= 15 is 0 Å². The average molecular weight is 322 g/mol. The Hall–Kier alpha value is -2.62. The Morgan fingerprint density at radius 3 is 2.46 bits per heavy atom. The molecule has 4 heteroatoms. The molecular weight excluding hydrogens is 300 g/mol. The maximum absolute atomic E-state index is 12.9. The van der Waals surface area contributed by atoms with Gasteiger partial charge in [-0.15, -0.1) is 0 Å². The third-order valence-corrected chi connectivity index (χ3v) is 3.99. The molecule has 0 spiro atoms. The molecule has 124 valence electrons. The molecule has 1 aliphatic heterocycles. The second kappa shape index (κ2) is 6.11. The quantitative estimate of drug-likeness (QED) is 0.921. The van der Waals surface area contributed by atoms with Gasteiger partial charge in [0.05, 0.1) is 0 Å². The van der Waals surface area contributed by atoms with E-state index in [1.807, 2.05) is 39.0 Å². The second-order valence-corrected chi connectivity index (χ2v) is 7.12. The zero-order valence-electron chi connectivity index (χ0n) is 14.3. The molecule has 0 radical (unpaired) electrons. The number of para-hydroxylation sites is 1. The lowest BCUT2D eigenvalue weighted by atomic mass is 10.1. The summed E-state index contributed by atoms with van der Waals surface area (Å²) in [5, 5.41) is 2.92. The second-order valence-electron chi connectivity index (χ2n) is 7.12. The van der Waals surface area contributed by atoms with E-state index in [1.165, 1.54) is 5.56 Å². The number of fused-ring (bicyclic) bond motifs is 1. The normalized spacial score (nSPS) is 13.5. The van der Waals surface area contributed by atoms with E-state index in [-0.39, 0.29) is 17.4 Å². The molecular formula is C20H22N2O2. The maximum Gasteiger partial charge on any atom is 0.258 e. The first-order valence-corrected chi connectivity index (χ1v) is 8.17. The molecule has 1 aliphatic rings. The van der Waals surface area contributed by atoms with Gasteiger partial charge in [0.2, 0.25) is 0 Å². The molecule has 2 amide bonds. The van der Waals surface area contributed by atoms with Crippen LogP contribution in [0.25, 0.3) is 0 Å². The zero-order valence-corrected chi connectivity index (χ0v) is 14.3. The van der Waals surface area contributed by atoms with Gasteiger partial charge in [-0.3, -0.25) is 9.59 Å². The number of rotatable bonds is 2. The fraction of sp³-hybridized carbons (Fsp3) is 0.300. The number of carbonyl (C=O) groups excluding carboxylic acids is 2. The molecule has 0 aliphatic carbocycles. The summed E-state index contributed by atoms with van der Waals surface area (Å²) >= 11 is 0. The number of anilines is 1. The SMILES string of the molecule is CC(C)(C)NC(=O)c1cccc(C(=O)N2CCc3ccccc32)c1. The van der Waals surface area contributed by atoms with E-state index in [0.29, 0.717) is 17.7 Å². The van der Waals surface area contributed by atoms with E-state index < -0.39 is 0 Å². The first-order valence-electron chi connectivity index (χ1n) is 8.17. The van der Waals surface area contributed by atoms with Crippen LogP contribution in [-0.4, -0.2) is 23.9 Å². The van der Waals surface area contributed by atoms with Crippen molar-refractivity contribution in [3.8, 4) is 0 Å². The third kappa shape index (κ3) is 3.32. The van der Waals surface area contributed by atoms with Crippen molar-refractivity contribution in [1.82, 2.24) is 5.32 Å². The third-order valence-electron chi connectivity index (χ3n) is 3.99. The van der Waals surface area contributed by atoms with E-state index in [1.54, 1.807) is 29.2 Å². The maximum atomic E-state index is 12.9. The van der Waals surface area contributed by atoms with Crippen molar-refractivity contribution in [2.75, 3.05) is 11.4 Å². The summed E-state index contributed by atoms with van der Waals surface area (Å²) in [4.78, 5) is 27.0. The molecule has 0 unspecified atom stereocenters. The topological polar surface area (TPSA) is 49.4 Å². The summed E-state index contributed by atoms with van der Waals surface area (Å²) in [5.41, 5.74) is 2.88. The fourth-order valence-electron chi connectivity index (χ4n) is 2.91. The van der Waals surface area contributed by atoms with Crippen LogP contribution < -0.4 is 10.2 Å². The van der Waals surface area contributed by atoms with E-state index in [0.717, 1.165) is 12.1 Å². The van der Waals surface area contributed by atoms with Gasteiger partial charge in [-0.05, 0) is 57.0 Å². The molecule has 0 saturated carbocycles. The summed E-state index contributed by atoms with van der Waals surface area (Å²) in [7, 11) is 0. The Balaban J connectivity index is 1.85. The van der Waals surface area contributed by atoms with Crippen LogP contribution in [0.4, 0.5) is 5.69 Å². The van der Waals surface area contributed by atoms with Crippen molar-refractivity contribution >= 4 is 17.5 Å². The van der Waals surface area contributed by atoms with Gasteiger partial charge in [0.25, 0.3) is 11.8 Å². The minimum Gasteiger partial charge on any atom is -0.347 e. The number of nitrogens with zero attached hydrogens (tertiary/aromatic N) is 1. The van der Waals surface area contributed by atoms with Crippen LogP contribution in [0.3, 0.4) is 0 Å². The van der Waals surface area contributed by atoms with Crippen LogP contribution in [0.1, 0.15) is 47.1 Å². The van der Waals surface area contributed by atoms with Gasteiger partial charge < -0.3 is 10.2 Å². The van der Waals surface area contributed by atoms with Crippen LogP contribution in [0.15, 0.2) is 48.5 Å². The van der Waals surface area contributed by atoms with Gasteiger partial charge in [-0.1, -0.05) is 24.3 Å². The van der Waals surface area contributed by atoms with Gasteiger partial charge in [0, 0.05) is 28.9 Å². The van der Waals surface area contributed by atoms with Gasteiger partial charge in [0.15, 0.2) is 0 Å². The van der Waals surface area contributed by atoms with Gasteiger partial charge in [-0.2, -0.15) is 0 Å². The minimum absolute atomic E-state index is 0.0645. The van der Waals surface area contributed by atoms with Gasteiger partial charge in [0.1, 0.15) is 0 Å². The van der Waals surface area contributed by atoms with Gasteiger partial charge in [-0.25, -0.2) is 0 Å². The number of amides is 2. The molecule has 2 aromatic carbocycles.